The first-order valence-electron chi connectivity index (χ1n) is 6.85. The molecule has 0 saturated carbocycles. The number of alkyl halides is 3. The zero-order valence-corrected chi connectivity index (χ0v) is 12.1. The van der Waals surface area contributed by atoms with Gasteiger partial charge in [-0.1, -0.05) is 0 Å². The highest BCUT2D eigenvalue weighted by molar-refractivity contribution is 5.61. The van der Waals surface area contributed by atoms with Crippen molar-refractivity contribution in [3.63, 3.8) is 0 Å². The summed E-state index contributed by atoms with van der Waals surface area (Å²) in [7, 11) is 3.87. The van der Waals surface area contributed by atoms with Crippen molar-refractivity contribution in [1.29, 1.82) is 5.26 Å². The minimum Gasteiger partial charge on any atom is -0.369 e. The van der Waals surface area contributed by atoms with Gasteiger partial charge < -0.3 is 9.80 Å². The van der Waals surface area contributed by atoms with Crippen LogP contribution in [-0.4, -0.2) is 38.1 Å². The van der Waals surface area contributed by atoms with Crippen molar-refractivity contribution in [2.45, 2.75) is 25.1 Å². The Kier molecular flexibility index (Phi) is 4.43. The Balaban J connectivity index is 2.29. The van der Waals surface area contributed by atoms with E-state index in [9.17, 15) is 13.2 Å². The molecule has 0 radical (unpaired) electrons. The lowest BCUT2D eigenvalue weighted by Crippen LogP contribution is -2.45. The van der Waals surface area contributed by atoms with E-state index in [-0.39, 0.29) is 11.6 Å². The average molecular weight is 297 g/mol. The molecule has 114 valence electrons. The van der Waals surface area contributed by atoms with E-state index >= 15 is 0 Å². The number of likely N-dealkylation sites (tertiary alicyclic amines) is 1. The van der Waals surface area contributed by atoms with Crippen molar-refractivity contribution in [2.24, 2.45) is 0 Å². The van der Waals surface area contributed by atoms with Gasteiger partial charge in [-0.3, -0.25) is 0 Å². The minimum atomic E-state index is -4.42. The maximum Gasteiger partial charge on any atom is 0.416 e. The van der Waals surface area contributed by atoms with Gasteiger partial charge in [-0.2, -0.15) is 18.4 Å². The first-order valence-corrected chi connectivity index (χ1v) is 6.85. The normalized spacial score (nSPS) is 20.1. The molecule has 1 unspecified atom stereocenters. The van der Waals surface area contributed by atoms with Crippen LogP contribution in [0.4, 0.5) is 18.9 Å². The predicted molar refractivity (Wildman–Crippen MR) is 75.1 cm³/mol. The standard InChI is InChI=1S/C15H18F3N3/c1-20-7-3-4-13(10-20)21(2)14-6-5-12(15(16,17)18)8-11(14)9-19/h5-6,8,13H,3-4,7,10H2,1-2H3. The number of nitrogens with zero attached hydrogens (tertiary/aromatic N) is 3. The Labute approximate surface area is 122 Å². The molecule has 1 atom stereocenters. The third-order valence-electron chi connectivity index (χ3n) is 3.97. The lowest BCUT2D eigenvalue weighted by molar-refractivity contribution is -0.137. The van der Waals surface area contributed by atoms with Gasteiger partial charge in [0.15, 0.2) is 0 Å². The largest absolute Gasteiger partial charge is 0.416 e. The lowest BCUT2D eigenvalue weighted by atomic mass is 10.0. The van der Waals surface area contributed by atoms with Crippen LogP contribution in [0.15, 0.2) is 18.2 Å². The van der Waals surface area contributed by atoms with Crippen LogP contribution in [0.5, 0.6) is 0 Å². The second kappa shape index (κ2) is 5.94. The van der Waals surface area contributed by atoms with Crippen molar-refractivity contribution in [2.75, 3.05) is 32.1 Å². The Morgan fingerprint density at radius 2 is 2.10 bits per heavy atom. The maximum atomic E-state index is 12.7. The Morgan fingerprint density at radius 1 is 1.38 bits per heavy atom. The summed E-state index contributed by atoms with van der Waals surface area (Å²) in [4.78, 5) is 4.12. The third kappa shape index (κ3) is 3.48. The summed E-state index contributed by atoms with van der Waals surface area (Å²) in [5.41, 5.74) is -0.150. The number of nitriles is 1. The second-order valence-corrected chi connectivity index (χ2v) is 5.51. The summed E-state index contributed by atoms with van der Waals surface area (Å²) in [6.45, 7) is 1.88. The van der Waals surface area contributed by atoms with Gasteiger partial charge in [-0.15, -0.1) is 0 Å². The summed E-state index contributed by atoms with van der Waals surface area (Å²) in [5, 5.41) is 9.15. The van der Waals surface area contributed by atoms with E-state index in [1.807, 2.05) is 25.1 Å². The van der Waals surface area contributed by atoms with Crippen molar-refractivity contribution >= 4 is 5.69 Å². The highest BCUT2D eigenvalue weighted by Crippen LogP contribution is 2.33. The van der Waals surface area contributed by atoms with E-state index in [0.29, 0.717) is 5.69 Å². The van der Waals surface area contributed by atoms with Gasteiger partial charge in [-0.25, -0.2) is 0 Å². The summed E-state index contributed by atoms with van der Waals surface area (Å²) in [5.74, 6) is 0. The summed E-state index contributed by atoms with van der Waals surface area (Å²) in [6.07, 6.45) is -2.39. The molecule has 0 aliphatic carbocycles. The average Bonchev–Trinajstić information content (AvgIpc) is 2.45. The molecule has 0 amide bonds. The molecular weight excluding hydrogens is 279 g/mol. The topological polar surface area (TPSA) is 30.3 Å². The van der Waals surface area contributed by atoms with Crippen LogP contribution < -0.4 is 4.90 Å². The number of hydrogen-bond acceptors (Lipinski definition) is 3. The van der Waals surface area contributed by atoms with Gasteiger partial charge >= 0.3 is 6.18 Å². The molecule has 0 bridgehead atoms. The third-order valence-corrected chi connectivity index (χ3v) is 3.97. The summed E-state index contributed by atoms with van der Waals surface area (Å²) >= 11 is 0. The molecule has 6 heteroatoms. The van der Waals surface area contributed by atoms with Crippen LogP contribution >= 0.6 is 0 Å². The monoisotopic (exact) mass is 297 g/mol. The first-order chi connectivity index (χ1) is 9.82. The van der Waals surface area contributed by atoms with E-state index in [1.165, 1.54) is 6.07 Å². The molecule has 1 aliphatic heterocycles. The first kappa shape index (κ1) is 15.6. The molecule has 1 aliphatic rings. The Hall–Kier alpha value is -1.74. The highest BCUT2D eigenvalue weighted by Gasteiger charge is 2.32. The van der Waals surface area contributed by atoms with Crippen molar-refractivity contribution < 1.29 is 13.2 Å². The lowest BCUT2D eigenvalue weighted by Gasteiger charge is -2.37. The van der Waals surface area contributed by atoms with Crippen molar-refractivity contribution in [3.8, 4) is 6.07 Å². The van der Waals surface area contributed by atoms with Crippen LogP contribution in [0.3, 0.4) is 0 Å². The van der Waals surface area contributed by atoms with Gasteiger partial charge in [0.1, 0.15) is 6.07 Å². The molecule has 1 aromatic rings. The fraction of sp³-hybridized carbons (Fsp3) is 0.533. The van der Waals surface area contributed by atoms with Crippen molar-refractivity contribution in [1.82, 2.24) is 4.90 Å². The zero-order chi connectivity index (χ0) is 15.6. The van der Waals surface area contributed by atoms with Gasteiger partial charge in [0.25, 0.3) is 0 Å². The highest BCUT2D eigenvalue weighted by atomic mass is 19.4. The zero-order valence-electron chi connectivity index (χ0n) is 12.1. The number of likely N-dealkylation sites (N-methyl/N-ethyl adjacent to an activating group) is 2. The molecular formula is C15H18F3N3. The molecule has 0 aromatic heterocycles. The van der Waals surface area contributed by atoms with E-state index in [4.69, 9.17) is 5.26 Å². The fourth-order valence-corrected chi connectivity index (χ4v) is 2.76. The van der Waals surface area contributed by atoms with Crippen molar-refractivity contribution in [3.05, 3.63) is 29.3 Å². The van der Waals surface area contributed by atoms with Crippen LogP contribution in [-0.2, 0) is 6.18 Å². The number of anilines is 1. The summed E-state index contributed by atoms with van der Waals surface area (Å²) in [6, 6.07) is 5.47. The number of piperidine rings is 1. The fourth-order valence-electron chi connectivity index (χ4n) is 2.76. The molecule has 3 nitrogen and oxygen atoms in total. The molecule has 1 aromatic carbocycles. The Bertz CT molecular complexity index is 548. The molecule has 0 N–H and O–H groups in total. The molecule has 2 rings (SSSR count). The van der Waals surface area contributed by atoms with Crippen LogP contribution in [0.2, 0.25) is 0 Å². The number of hydrogen-bond donors (Lipinski definition) is 0. The SMILES string of the molecule is CN1CCCC(N(C)c2ccc(C(F)(F)F)cc2C#N)C1. The number of halogens is 3. The summed E-state index contributed by atoms with van der Waals surface area (Å²) < 4.78 is 38.1. The molecule has 21 heavy (non-hydrogen) atoms. The van der Waals surface area contributed by atoms with Crippen LogP contribution in [0.25, 0.3) is 0 Å². The number of rotatable bonds is 2. The van der Waals surface area contributed by atoms with Gasteiger partial charge in [0.2, 0.25) is 0 Å². The quantitative estimate of drug-likeness (QED) is 0.840. The molecule has 1 saturated heterocycles. The van der Waals surface area contributed by atoms with Gasteiger partial charge in [-0.05, 0) is 44.6 Å². The predicted octanol–water partition coefficient (Wildman–Crippen LogP) is 3.11. The van der Waals surface area contributed by atoms with E-state index in [2.05, 4.69) is 4.90 Å². The number of benzene rings is 1. The Morgan fingerprint density at radius 3 is 2.67 bits per heavy atom. The van der Waals surface area contributed by atoms with E-state index in [0.717, 1.165) is 38.1 Å². The molecule has 0 spiro atoms. The minimum absolute atomic E-state index is 0.0700. The van der Waals surface area contributed by atoms with Crippen LogP contribution in [0, 0.1) is 11.3 Å². The van der Waals surface area contributed by atoms with Gasteiger partial charge in [0, 0.05) is 19.6 Å². The van der Waals surface area contributed by atoms with Gasteiger partial charge in [0.05, 0.1) is 16.8 Å². The smallest absolute Gasteiger partial charge is 0.369 e. The second-order valence-electron chi connectivity index (χ2n) is 5.51. The molecule has 1 fully saturated rings. The van der Waals surface area contributed by atoms with E-state index in [1.54, 1.807) is 0 Å². The maximum absolute atomic E-state index is 12.7. The van der Waals surface area contributed by atoms with Crippen LogP contribution in [0.1, 0.15) is 24.0 Å². The van der Waals surface area contributed by atoms with E-state index < -0.39 is 11.7 Å². The molecule has 1 heterocycles.